The van der Waals surface area contributed by atoms with Crippen LogP contribution in [0.25, 0.3) is 43.8 Å². The minimum atomic E-state index is -0.889. The number of benzene rings is 5. The molecule has 0 N–H and O–H groups in total. The van der Waals surface area contributed by atoms with Gasteiger partial charge in [0.05, 0.1) is 0 Å². The van der Waals surface area contributed by atoms with E-state index in [2.05, 4.69) is 0 Å². The minimum absolute atomic E-state index is 0.601. The molecule has 0 spiro atoms. The Bertz CT molecular complexity index is 1420. The second-order valence-corrected chi connectivity index (χ2v) is 8.11. The van der Waals surface area contributed by atoms with Crippen LogP contribution in [0.1, 0.15) is 11.1 Å². The van der Waals surface area contributed by atoms with E-state index in [-0.39, 0.29) is 0 Å². The molecule has 0 aliphatic rings. The monoisotopic (exact) mass is 430 g/mol. The summed E-state index contributed by atoms with van der Waals surface area (Å²) in [6, 6.07) is 19.8. The summed E-state index contributed by atoms with van der Waals surface area (Å²) in [5.74, 6) is -3.53. The Hall–Kier alpha value is -3.66. The summed E-state index contributed by atoms with van der Waals surface area (Å²) in [7, 11) is 0. The van der Waals surface area contributed by atoms with Crippen molar-refractivity contribution < 1.29 is 17.6 Å². The molecule has 0 radical (unpaired) electrons. The van der Waals surface area contributed by atoms with Crippen LogP contribution >= 0.6 is 0 Å². The molecule has 0 unspecified atom stereocenters. The molecule has 4 heteroatoms. The topological polar surface area (TPSA) is 0 Å². The molecular weight excluding hydrogens is 412 g/mol. The average Bonchev–Trinajstić information content (AvgIpc) is 2.76. The highest BCUT2D eigenvalue weighted by atomic mass is 19.2. The van der Waals surface area contributed by atoms with Crippen LogP contribution in [0.4, 0.5) is 17.6 Å². The highest BCUT2D eigenvalue weighted by molar-refractivity contribution is 5.96. The summed E-state index contributed by atoms with van der Waals surface area (Å²) in [5, 5.41) is 2.43. The van der Waals surface area contributed by atoms with Gasteiger partial charge >= 0.3 is 0 Å². The fraction of sp³-hybridized carbons (Fsp3) is 0.0714. The second-order valence-electron chi connectivity index (χ2n) is 8.11. The molecule has 5 rings (SSSR count). The molecule has 0 nitrogen and oxygen atoms in total. The molecular formula is C28H18F4. The Balaban J connectivity index is 1.76. The number of hydrogen-bond donors (Lipinski definition) is 0. The summed E-state index contributed by atoms with van der Waals surface area (Å²) >= 11 is 0. The van der Waals surface area contributed by atoms with Crippen LogP contribution in [0, 0.1) is 37.1 Å². The smallest absolute Gasteiger partial charge is 0.159 e. The van der Waals surface area contributed by atoms with Gasteiger partial charge in [0.1, 0.15) is 0 Å². The number of fused-ring (bicyclic) bond motifs is 2. The zero-order valence-corrected chi connectivity index (χ0v) is 17.4. The maximum absolute atomic E-state index is 13.8. The standard InChI is InChI=1S/C28H18F4/c1-15-3-4-16(2)28(20-8-6-18-12-24(30)26(32)14-22(18)10-20)27(15)19-7-5-17-11-23(29)25(31)13-21(17)9-19/h3-14H,1-2H3. The van der Waals surface area contributed by atoms with E-state index in [9.17, 15) is 17.6 Å². The van der Waals surface area contributed by atoms with Gasteiger partial charge in [0, 0.05) is 0 Å². The Morgan fingerprint density at radius 1 is 0.406 bits per heavy atom. The predicted octanol–water partition coefficient (Wildman–Crippen LogP) is 8.50. The molecule has 0 atom stereocenters. The Labute approximate surface area is 182 Å². The molecule has 0 aliphatic heterocycles. The molecule has 0 saturated carbocycles. The lowest BCUT2D eigenvalue weighted by molar-refractivity contribution is 0.511. The van der Waals surface area contributed by atoms with E-state index in [1.54, 1.807) is 12.1 Å². The highest BCUT2D eigenvalue weighted by Gasteiger charge is 2.15. The minimum Gasteiger partial charge on any atom is -0.204 e. The Morgan fingerprint density at radius 2 is 0.750 bits per heavy atom. The normalized spacial score (nSPS) is 11.4. The first-order chi connectivity index (χ1) is 15.3. The van der Waals surface area contributed by atoms with E-state index >= 15 is 0 Å². The van der Waals surface area contributed by atoms with Crippen molar-refractivity contribution in [1.29, 1.82) is 0 Å². The molecule has 0 amide bonds. The number of halogens is 4. The van der Waals surface area contributed by atoms with Crippen LogP contribution in [0.5, 0.6) is 0 Å². The third-order valence-electron chi connectivity index (χ3n) is 5.96. The van der Waals surface area contributed by atoms with Gasteiger partial charge in [0.25, 0.3) is 0 Å². The van der Waals surface area contributed by atoms with Gasteiger partial charge in [-0.25, -0.2) is 17.6 Å². The van der Waals surface area contributed by atoms with Crippen LogP contribution in [0.2, 0.25) is 0 Å². The summed E-state index contributed by atoms with van der Waals surface area (Å²) in [6.07, 6.45) is 0. The molecule has 5 aromatic carbocycles. The quantitative estimate of drug-likeness (QED) is 0.246. The van der Waals surface area contributed by atoms with Crippen molar-refractivity contribution in [2.75, 3.05) is 0 Å². The first-order valence-corrected chi connectivity index (χ1v) is 10.2. The Kier molecular flexibility index (Phi) is 4.74. The maximum atomic E-state index is 13.8. The van der Waals surface area contributed by atoms with Crippen LogP contribution in [-0.2, 0) is 0 Å². The largest absolute Gasteiger partial charge is 0.204 e. The molecule has 0 aliphatic carbocycles. The van der Waals surface area contributed by atoms with Crippen LogP contribution < -0.4 is 0 Å². The third-order valence-corrected chi connectivity index (χ3v) is 5.96. The van der Waals surface area contributed by atoms with Crippen LogP contribution in [0.15, 0.2) is 72.8 Å². The molecule has 0 bridgehead atoms. The van der Waals surface area contributed by atoms with Gasteiger partial charge in [-0.3, -0.25) is 0 Å². The summed E-state index contributed by atoms with van der Waals surface area (Å²) in [4.78, 5) is 0. The van der Waals surface area contributed by atoms with Crippen molar-refractivity contribution in [3.8, 4) is 22.3 Å². The first-order valence-electron chi connectivity index (χ1n) is 10.2. The van der Waals surface area contributed by atoms with Gasteiger partial charge < -0.3 is 0 Å². The SMILES string of the molecule is Cc1ccc(C)c(-c2ccc3cc(F)c(F)cc3c2)c1-c1ccc2cc(F)c(F)cc2c1. The fourth-order valence-corrected chi connectivity index (χ4v) is 4.35. The molecule has 32 heavy (non-hydrogen) atoms. The third kappa shape index (κ3) is 3.32. The number of aryl methyl sites for hydroxylation is 2. The molecule has 0 saturated heterocycles. The fourth-order valence-electron chi connectivity index (χ4n) is 4.35. The van der Waals surface area contributed by atoms with E-state index in [1.165, 1.54) is 24.3 Å². The van der Waals surface area contributed by atoms with E-state index in [0.29, 0.717) is 21.5 Å². The number of rotatable bonds is 2. The van der Waals surface area contributed by atoms with Crippen molar-refractivity contribution in [2.45, 2.75) is 13.8 Å². The second kappa shape index (κ2) is 7.49. The van der Waals surface area contributed by atoms with Gasteiger partial charge in [-0.1, -0.05) is 36.4 Å². The molecule has 0 fully saturated rings. The summed E-state index contributed by atoms with van der Waals surface area (Å²) < 4.78 is 55.0. The Morgan fingerprint density at radius 3 is 1.12 bits per heavy atom. The first kappa shape index (κ1) is 20.3. The van der Waals surface area contributed by atoms with Crippen molar-refractivity contribution in [3.63, 3.8) is 0 Å². The predicted molar refractivity (Wildman–Crippen MR) is 122 cm³/mol. The lowest BCUT2D eigenvalue weighted by Gasteiger charge is -2.18. The molecule has 0 heterocycles. The zero-order valence-electron chi connectivity index (χ0n) is 17.4. The molecule has 5 aromatic rings. The number of hydrogen-bond acceptors (Lipinski definition) is 0. The average molecular weight is 430 g/mol. The summed E-state index contributed by atoms with van der Waals surface area (Å²) in [5.41, 5.74) is 5.67. The van der Waals surface area contributed by atoms with E-state index < -0.39 is 23.3 Å². The highest BCUT2D eigenvalue weighted by Crippen LogP contribution is 2.39. The van der Waals surface area contributed by atoms with Gasteiger partial charge in [-0.05, 0) is 105 Å². The van der Waals surface area contributed by atoms with Crippen molar-refractivity contribution in [2.24, 2.45) is 0 Å². The lowest BCUT2D eigenvalue weighted by atomic mass is 9.86. The van der Waals surface area contributed by atoms with Crippen molar-refractivity contribution in [3.05, 3.63) is 107 Å². The van der Waals surface area contributed by atoms with Gasteiger partial charge in [-0.2, -0.15) is 0 Å². The van der Waals surface area contributed by atoms with Crippen molar-refractivity contribution >= 4 is 21.5 Å². The maximum Gasteiger partial charge on any atom is 0.159 e. The van der Waals surface area contributed by atoms with Crippen LogP contribution in [0.3, 0.4) is 0 Å². The zero-order chi connectivity index (χ0) is 22.6. The van der Waals surface area contributed by atoms with Gasteiger partial charge in [0.15, 0.2) is 23.3 Å². The van der Waals surface area contributed by atoms with E-state index in [4.69, 9.17) is 0 Å². The van der Waals surface area contributed by atoms with Gasteiger partial charge in [0.2, 0.25) is 0 Å². The molecule has 158 valence electrons. The molecule has 0 aromatic heterocycles. The summed E-state index contributed by atoms with van der Waals surface area (Å²) in [6.45, 7) is 3.98. The van der Waals surface area contributed by atoms with Gasteiger partial charge in [-0.15, -0.1) is 0 Å². The van der Waals surface area contributed by atoms with E-state index in [1.807, 2.05) is 50.2 Å². The lowest BCUT2D eigenvalue weighted by Crippen LogP contribution is -1.94. The van der Waals surface area contributed by atoms with E-state index in [0.717, 1.165) is 33.4 Å². The van der Waals surface area contributed by atoms with Crippen molar-refractivity contribution in [1.82, 2.24) is 0 Å². The van der Waals surface area contributed by atoms with Crippen LogP contribution in [-0.4, -0.2) is 0 Å².